The van der Waals surface area contributed by atoms with E-state index < -0.39 is 6.04 Å². The van der Waals surface area contributed by atoms with Crippen LogP contribution in [0.5, 0.6) is 0 Å². The van der Waals surface area contributed by atoms with E-state index >= 15 is 0 Å². The number of aromatic nitrogens is 3. The third kappa shape index (κ3) is 7.24. The number of hydrogen-bond donors (Lipinski definition) is 0. The summed E-state index contributed by atoms with van der Waals surface area (Å²) >= 11 is 10.2. The molecule has 2 aromatic heterocycles. The fraction of sp³-hybridized carbons (Fsp3) is 0.421. The van der Waals surface area contributed by atoms with Crippen LogP contribution in [0.3, 0.4) is 0 Å². The molecule has 2 amide bonds. The third-order valence-electron chi connectivity index (χ3n) is 10.3. The molecule has 0 unspecified atom stereocenters. The molecule has 1 saturated heterocycles. The molecule has 48 heavy (non-hydrogen) atoms. The van der Waals surface area contributed by atoms with Gasteiger partial charge in [0.15, 0.2) is 0 Å². The second-order valence-corrected chi connectivity index (χ2v) is 14.7. The molecule has 2 aromatic carbocycles. The van der Waals surface area contributed by atoms with E-state index in [0.717, 1.165) is 72.2 Å². The van der Waals surface area contributed by atoms with Crippen molar-refractivity contribution in [3.63, 3.8) is 0 Å². The van der Waals surface area contributed by atoms with Crippen LogP contribution in [-0.4, -0.2) is 73.3 Å². The van der Waals surface area contributed by atoms with Crippen LogP contribution in [0.2, 0.25) is 5.02 Å². The molecule has 8 nitrogen and oxygen atoms in total. The Balaban J connectivity index is 1.23. The minimum Gasteiger partial charge on any atom is -0.337 e. The topological polar surface area (TPSA) is 74.6 Å². The Hall–Kier alpha value is -3.53. The van der Waals surface area contributed by atoms with E-state index in [1.807, 2.05) is 57.4 Å². The smallest absolute Gasteiger partial charge is 0.247 e. The summed E-state index contributed by atoms with van der Waals surface area (Å²) in [5.41, 5.74) is 5.67. The maximum atomic E-state index is 14.9. The molecule has 3 aliphatic rings. The largest absolute Gasteiger partial charge is 0.337 e. The van der Waals surface area contributed by atoms with Gasteiger partial charge in [-0.15, -0.1) is 0 Å². The van der Waals surface area contributed by atoms with Crippen LogP contribution in [0.1, 0.15) is 66.1 Å². The van der Waals surface area contributed by atoms with E-state index in [9.17, 15) is 9.59 Å². The van der Waals surface area contributed by atoms with Crippen LogP contribution in [0.15, 0.2) is 84.0 Å². The van der Waals surface area contributed by atoms with Gasteiger partial charge in [0.2, 0.25) is 11.8 Å². The highest BCUT2D eigenvalue weighted by molar-refractivity contribution is 9.10. The Morgan fingerprint density at radius 3 is 2.60 bits per heavy atom. The standard InChI is InChI=1S/C38H42BrClN6O2/c39-31-21-30-12-11-29-22-32(40)13-14-33(29)36(35(30)42-23-31)44-19-20-46(37(47)28-9-4-5-10-28)34(25-44)38(48)45(24-27-7-2-1-3-8-27)17-6-16-43-18-15-41-26-43/h1-3,7-8,13-15,18,21-23,26,28,34,36H,4-6,9-12,16-17,19-20,24-25H2/t34-,36+/m1/s1. The molecule has 0 bridgehead atoms. The molecule has 7 rings (SSSR count). The molecular formula is C38H42BrClN6O2. The zero-order valence-electron chi connectivity index (χ0n) is 27.2. The third-order valence-corrected chi connectivity index (χ3v) is 10.9. The lowest BCUT2D eigenvalue weighted by Gasteiger charge is -2.46. The molecule has 0 spiro atoms. The molecule has 2 aliphatic carbocycles. The first-order chi connectivity index (χ1) is 23.4. The molecule has 1 saturated carbocycles. The number of carbonyl (C=O) groups is 2. The highest BCUT2D eigenvalue weighted by atomic mass is 79.9. The molecule has 0 radical (unpaired) electrons. The number of carbonyl (C=O) groups excluding carboxylic acids is 2. The molecule has 1 aliphatic heterocycles. The van der Waals surface area contributed by atoms with Crippen molar-refractivity contribution in [2.24, 2.45) is 5.92 Å². The molecular weight excluding hydrogens is 688 g/mol. The molecule has 2 fully saturated rings. The second kappa shape index (κ2) is 14.9. The number of piperazine rings is 1. The monoisotopic (exact) mass is 728 g/mol. The van der Waals surface area contributed by atoms with Gasteiger partial charge in [-0.1, -0.05) is 60.8 Å². The first-order valence-electron chi connectivity index (χ1n) is 17.2. The lowest BCUT2D eigenvalue weighted by atomic mass is 9.94. The van der Waals surface area contributed by atoms with E-state index in [4.69, 9.17) is 16.6 Å². The fourth-order valence-corrected chi connectivity index (χ4v) is 8.42. The zero-order chi connectivity index (χ0) is 33.0. The van der Waals surface area contributed by atoms with Crippen molar-refractivity contribution < 1.29 is 9.59 Å². The van der Waals surface area contributed by atoms with Crippen molar-refractivity contribution in [3.8, 4) is 0 Å². The summed E-state index contributed by atoms with van der Waals surface area (Å²) in [6.07, 6.45) is 13.9. The lowest BCUT2D eigenvalue weighted by Crippen LogP contribution is -2.62. The predicted octanol–water partition coefficient (Wildman–Crippen LogP) is 6.70. The number of aryl methyl sites for hydroxylation is 3. The van der Waals surface area contributed by atoms with Gasteiger partial charge in [0.25, 0.3) is 0 Å². The van der Waals surface area contributed by atoms with Crippen LogP contribution in [0.4, 0.5) is 0 Å². The number of amides is 2. The second-order valence-electron chi connectivity index (χ2n) is 13.4. The van der Waals surface area contributed by atoms with Crippen LogP contribution < -0.4 is 0 Å². The Bertz CT molecular complexity index is 1670. The van der Waals surface area contributed by atoms with Crippen molar-refractivity contribution in [2.45, 2.75) is 70.1 Å². The summed E-state index contributed by atoms with van der Waals surface area (Å²) in [5.74, 6) is 0.143. The van der Waals surface area contributed by atoms with Gasteiger partial charge in [-0.25, -0.2) is 4.98 Å². The van der Waals surface area contributed by atoms with E-state index in [-0.39, 0.29) is 23.8 Å². The molecule has 250 valence electrons. The van der Waals surface area contributed by atoms with Crippen LogP contribution in [0.25, 0.3) is 0 Å². The molecule has 3 heterocycles. The summed E-state index contributed by atoms with van der Waals surface area (Å²) in [4.78, 5) is 44.6. The number of hydrogen-bond acceptors (Lipinski definition) is 5. The van der Waals surface area contributed by atoms with Gasteiger partial charge in [-0.2, -0.15) is 0 Å². The summed E-state index contributed by atoms with van der Waals surface area (Å²) in [7, 11) is 0. The normalized spacial score (nSPS) is 19.8. The van der Waals surface area contributed by atoms with Crippen molar-refractivity contribution in [1.82, 2.24) is 29.2 Å². The number of benzene rings is 2. The Labute approximate surface area is 296 Å². The van der Waals surface area contributed by atoms with Crippen molar-refractivity contribution >= 4 is 39.3 Å². The van der Waals surface area contributed by atoms with Gasteiger partial charge in [0.05, 0.1) is 18.1 Å². The molecule has 10 heteroatoms. The van der Waals surface area contributed by atoms with Gasteiger partial charge in [0.1, 0.15) is 6.04 Å². The van der Waals surface area contributed by atoms with E-state index in [1.165, 1.54) is 16.7 Å². The molecule has 4 aromatic rings. The number of fused-ring (bicyclic) bond motifs is 2. The average molecular weight is 730 g/mol. The molecule has 0 N–H and O–H groups in total. The minimum atomic E-state index is -0.596. The Kier molecular flexibility index (Phi) is 10.3. The fourth-order valence-electron chi connectivity index (χ4n) is 7.85. The highest BCUT2D eigenvalue weighted by Gasteiger charge is 2.43. The number of rotatable bonds is 9. The average Bonchev–Trinajstić information content (AvgIpc) is 3.81. The van der Waals surface area contributed by atoms with Gasteiger partial charge < -0.3 is 14.4 Å². The zero-order valence-corrected chi connectivity index (χ0v) is 29.5. The molecule has 2 atom stereocenters. The number of halogens is 2. The van der Waals surface area contributed by atoms with E-state index in [0.29, 0.717) is 32.7 Å². The van der Waals surface area contributed by atoms with Gasteiger partial charge in [0, 0.05) is 73.3 Å². The van der Waals surface area contributed by atoms with Gasteiger partial charge in [-0.3, -0.25) is 19.5 Å². The lowest BCUT2D eigenvalue weighted by molar-refractivity contribution is -0.152. The maximum absolute atomic E-state index is 14.9. The maximum Gasteiger partial charge on any atom is 0.247 e. The quantitative estimate of drug-likeness (QED) is 0.192. The van der Waals surface area contributed by atoms with E-state index in [2.05, 4.69) is 56.1 Å². The van der Waals surface area contributed by atoms with Crippen molar-refractivity contribution in [2.75, 3.05) is 26.2 Å². The first kappa shape index (κ1) is 33.0. The van der Waals surface area contributed by atoms with Gasteiger partial charge >= 0.3 is 0 Å². The number of imidazole rings is 1. The van der Waals surface area contributed by atoms with Crippen molar-refractivity contribution in [1.29, 1.82) is 0 Å². The summed E-state index contributed by atoms with van der Waals surface area (Å²) in [5, 5.41) is 0.722. The summed E-state index contributed by atoms with van der Waals surface area (Å²) in [6, 6.07) is 17.8. The number of nitrogens with zero attached hydrogens (tertiary/aromatic N) is 6. The first-order valence-corrected chi connectivity index (χ1v) is 18.4. The van der Waals surface area contributed by atoms with Crippen LogP contribution in [-0.2, 0) is 35.5 Å². The SMILES string of the molecule is O=C([C@H]1CN([C@H]2c3ccc(Cl)cc3CCc3cc(Br)cnc32)CCN1C(=O)C1CCCC1)N(CCCn1ccnc1)Cc1ccccc1. The predicted molar refractivity (Wildman–Crippen MR) is 190 cm³/mol. The van der Waals surface area contributed by atoms with E-state index in [1.54, 1.807) is 6.20 Å². The van der Waals surface area contributed by atoms with Crippen LogP contribution >= 0.6 is 27.5 Å². The van der Waals surface area contributed by atoms with Crippen LogP contribution in [0, 0.1) is 5.92 Å². The summed E-state index contributed by atoms with van der Waals surface area (Å²) < 4.78 is 3.00. The van der Waals surface area contributed by atoms with Gasteiger partial charge in [-0.05, 0) is 88.5 Å². The Morgan fingerprint density at radius 1 is 1.00 bits per heavy atom. The Morgan fingerprint density at radius 2 is 1.81 bits per heavy atom. The number of pyridine rings is 1. The highest BCUT2D eigenvalue weighted by Crippen LogP contribution is 2.39. The van der Waals surface area contributed by atoms with Crippen molar-refractivity contribution in [3.05, 3.63) is 117 Å². The minimum absolute atomic E-state index is 0.00356. The summed E-state index contributed by atoms with van der Waals surface area (Å²) in [6.45, 7) is 3.44.